The molecule has 0 bridgehead atoms. The first-order valence-electron chi connectivity index (χ1n) is 4.34. The van der Waals surface area contributed by atoms with Gasteiger partial charge in [-0.1, -0.05) is 23.2 Å². The van der Waals surface area contributed by atoms with Gasteiger partial charge in [0.15, 0.2) is 0 Å². The molecule has 2 N–H and O–H groups in total. The van der Waals surface area contributed by atoms with Gasteiger partial charge < -0.3 is 10.5 Å². The van der Waals surface area contributed by atoms with Gasteiger partial charge in [-0.2, -0.15) is 15.0 Å². The zero-order chi connectivity index (χ0) is 12.4. The van der Waals surface area contributed by atoms with E-state index in [9.17, 15) is 0 Å². The van der Waals surface area contributed by atoms with Crippen molar-refractivity contribution in [1.82, 2.24) is 15.0 Å². The summed E-state index contributed by atoms with van der Waals surface area (Å²) >= 11 is 17.2. The van der Waals surface area contributed by atoms with Gasteiger partial charge in [0.25, 0.3) is 0 Å². The molecule has 2 rings (SSSR count). The van der Waals surface area contributed by atoms with E-state index in [0.29, 0.717) is 15.8 Å². The molecule has 0 saturated heterocycles. The number of anilines is 1. The monoisotopic (exact) mass is 290 g/mol. The normalized spacial score (nSPS) is 10.3. The third-order valence-electron chi connectivity index (χ3n) is 1.71. The number of aromatic nitrogens is 3. The number of nitrogen functional groups attached to an aromatic ring is 1. The average Bonchev–Trinajstić information content (AvgIpc) is 2.22. The molecule has 0 spiro atoms. The second-order valence-corrected chi connectivity index (χ2v) is 4.08. The van der Waals surface area contributed by atoms with E-state index in [1.54, 1.807) is 12.1 Å². The minimum atomic E-state index is -0.0486. The average molecular weight is 292 g/mol. The smallest absolute Gasteiger partial charge is 0.328 e. The Kier molecular flexibility index (Phi) is 3.51. The third-order valence-corrected chi connectivity index (χ3v) is 2.61. The Hall–Kier alpha value is -1.30. The first-order valence-corrected chi connectivity index (χ1v) is 5.48. The Morgan fingerprint density at radius 1 is 1.00 bits per heavy atom. The molecule has 0 radical (unpaired) electrons. The van der Waals surface area contributed by atoms with Crippen LogP contribution in [0.15, 0.2) is 18.2 Å². The summed E-state index contributed by atoms with van der Waals surface area (Å²) < 4.78 is 5.31. The molecule has 8 heteroatoms. The highest BCUT2D eigenvalue weighted by atomic mass is 35.5. The summed E-state index contributed by atoms with van der Waals surface area (Å²) in [5.41, 5.74) is 5.39. The first kappa shape index (κ1) is 12.2. The molecule has 0 aliphatic carbocycles. The molecule has 0 aliphatic heterocycles. The van der Waals surface area contributed by atoms with Crippen LogP contribution in [-0.2, 0) is 0 Å². The third kappa shape index (κ3) is 3.09. The van der Waals surface area contributed by atoms with Crippen molar-refractivity contribution in [3.63, 3.8) is 0 Å². The van der Waals surface area contributed by atoms with Crippen LogP contribution in [0, 0.1) is 0 Å². The Labute approximate surface area is 112 Å². The topological polar surface area (TPSA) is 73.9 Å². The lowest BCUT2D eigenvalue weighted by atomic mass is 10.3. The number of halogens is 3. The Morgan fingerprint density at radius 3 is 2.41 bits per heavy atom. The van der Waals surface area contributed by atoms with Crippen LogP contribution in [-0.4, -0.2) is 15.0 Å². The molecule has 0 unspecified atom stereocenters. The Morgan fingerprint density at radius 2 is 1.76 bits per heavy atom. The van der Waals surface area contributed by atoms with E-state index in [1.165, 1.54) is 6.07 Å². The molecule has 17 heavy (non-hydrogen) atoms. The van der Waals surface area contributed by atoms with Crippen LogP contribution < -0.4 is 10.5 Å². The van der Waals surface area contributed by atoms with Crippen LogP contribution in [0.4, 0.5) is 5.95 Å². The van der Waals surface area contributed by atoms with Crippen molar-refractivity contribution >= 4 is 40.8 Å². The number of nitrogens with two attached hydrogens (primary N) is 1. The van der Waals surface area contributed by atoms with E-state index in [-0.39, 0.29) is 17.2 Å². The van der Waals surface area contributed by atoms with Gasteiger partial charge >= 0.3 is 6.01 Å². The lowest BCUT2D eigenvalue weighted by Gasteiger charge is -2.05. The number of hydrogen-bond donors (Lipinski definition) is 1. The predicted molar refractivity (Wildman–Crippen MR) is 65.8 cm³/mol. The van der Waals surface area contributed by atoms with Crippen LogP contribution in [0.25, 0.3) is 0 Å². The van der Waals surface area contributed by atoms with E-state index in [2.05, 4.69) is 15.0 Å². The van der Waals surface area contributed by atoms with Crippen LogP contribution in [0.2, 0.25) is 15.3 Å². The van der Waals surface area contributed by atoms with E-state index in [1.807, 2.05) is 0 Å². The van der Waals surface area contributed by atoms with Crippen molar-refractivity contribution in [2.24, 2.45) is 0 Å². The second kappa shape index (κ2) is 4.91. The summed E-state index contributed by atoms with van der Waals surface area (Å²) in [6.45, 7) is 0. The quantitative estimate of drug-likeness (QED) is 0.919. The molecule has 0 fully saturated rings. The maximum atomic E-state index is 5.83. The van der Waals surface area contributed by atoms with Gasteiger partial charge in [0, 0.05) is 6.07 Å². The minimum absolute atomic E-state index is 0.0131. The molecule has 0 amide bonds. The van der Waals surface area contributed by atoms with Gasteiger partial charge in [-0.15, -0.1) is 0 Å². The molecular formula is C9H5Cl3N4O. The molecule has 1 heterocycles. The Balaban J connectivity index is 2.28. The second-order valence-electron chi connectivity index (χ2n) is 2.92. The van der Waals surface area contributed by atoms with E-state index in [0.717, 1.165) is 0 Å². The largest absolute Gasteiger partial charge is 0.424 e. The van der Waals surface area contributed by atoms with E-state index >= 15 is 0 Å². The molecule has 1 aromatic heterocycles. The lowest BCUT2D eigenvalue weighted by Crippen LogP contribution is -2.00. The molecule has 88 valence electrons. The highest BCUT2D eigenvalue weighted by Crippen LogP contribution is 2.28. The van der Waals surface area contributed by atoms with E-state index < -0.39 is 0 Å². The highest BCUT2D eigenvalue weighted by molar-refractivity contribution is 6.42. The summed E-state index contributed by atoms with van der Waals surface area (Å²) in [6.07, 6.45) is 0. The van der Waals surface area contributed by atoms with Gasteiger partial charge in [-0.05, 0) is 23.7 Å². The molecule has 5 nitrogen and oxygen atoms in total. The maximum Gasteiger partial charge on any atom is 0.328 e. The summed E-state index contributed by atoms with van der Waals surface area (Å²) in [5, 5.41) is 0.733. The van der Waals surface area contributed by atoms with Crippen LogP contribution in [0.5, 0.6) is 11.8 Å². The highest BCUT2D eigenvalue weighted by Gasteiger charge is 2.06. The van der Waals surface area contributed by atoms with Crippen molar-refractivity contribution in [2.75, 3.05) is 5.73 Å². The van der Waals surface area contributed by atoms with Gasteiger partial charge in [-0.3, -0.25) is 0 Å². The van der Waals surface area contributed by atoms with Crippen molar-refractivity contribution in [3.05, 3.63) is 33.5 Å². The number of ether oxygens (including phenoxy) is 1. The fourth-order valence-electron chi connectivity index (χ4n) is 1.04. The van der Waals surface area contributed by atoms with Gasteiger partial charge in [0.05, 0.1) is 10.0 Å². The number of nitrogens with zero attached hydrogens (tertiary/aromatic N) is 3. The number of hydrogen-bond acceptors (Lipinski definition) is 5. The van der Waals surface area contributed by atoms with Gasteiger partial charge in [-0.25, -0.2) is 0 Å². The fourth-order valence-corrected chi connectivity index (χ4v) is 1.48. The Bertz CT molecular complexity index is 544. The van der Waals surface area contributed by atoms with E-state index in [4.69, 9.17) is 45.3 Å². The van der Waals surface area contributed by atoms with Crippen LogP contribution >= 0.6 is 34.8 Å². The fraction of sp³-hybridized carbons (Fsp3) is 0. The summed E-state index contributed by atoms with van der Waals surface area (Å²) in [6, 6.07) is 4.71. The number of benzene rings is 1. The van der Waals surface area contributed by atoms with Crippen molar-refractivity contribution < 1.29 is 4.74 Å². The molecule has 1 aromatic carbocycles. The summed E-state index contributed by atoms with van der Waals surface area (Å²) in [4.78, 5) is 11.1. The van der Waals surface area contributed by atoms with Crippen LogP contribution in [0.1, 0.15) is 0 Å². The van der Waals surface area contributed by atoms with Crippen LogP contribution in [0.3, 0.4) is 0 Å². The van der Waals surface area contributed by atoms with Crippen molar-refractivity contribution in [3.8, 4) is 11.8 Å². The van der Waals surface area contributed by atoms with Gasteiger partial charge in [0.2, 0.25) is 11.2 Å². The predicted octanol–water partition coefficient (Wildman–Crippen LogP) is 3.21. The zero-order valence-corrected chi connectivity index (χ0v) is 10.5. The first-order chi connectivity index (χ1) is 8.04. The molecule has 0 atom stereocenters. The molecule has 0 aliphatic rings. The summed E-state index contributed by atoms with van der Waals surface area (Å²) in [7, 11) is 0. The summed E-state index contributed by atoms with van der Waals surface area (Å²) in [5.74, 6) is 0.390. The maximum absolute atomic E-state index is 5.83. The van der Waals surface area contributed by atoms with Crippen molar-refractivity contribution in [1.29, 1.82) is 0 Å². The van der Waals surface area contributed by atoms with Gasteiger partial charge in [0.1, 0.15) is 5.75 Å². The minimum Gasteiger partial charge on any atom is -0.424 e. The molecule has 0 saturated carbocycles. The zero-order valence-electron chi connectivity index (χ0n) is 8.19. The molecular weight excluding hydrogens is 286 g/mol. The van der Waals surface area contributed by atoms with Crippen molar-refractivity contribution in [2.45, 2.75) is 0 Å². The number of rotatable bonds is 2. The molecule has 2 aromatic rings. The SMILES string of the molecule is Nc1nc(Cl)nc(Oc2ccc(Cl)c(Cl)c2)n1. The lowest BCUT2D eigenvalue weighted by molar-refractivity contribution is 0.441. The standard InChI is InChI=1S/C9H5Cl3N4O/c10-5-2-1-4(3-6(5)11)17-9-15-7(12)14-8(13)16-9/h1-3H,(H2,13,14,15,16).